The second-order valence-corrected chi connectivity index (χ2v) is 7.06. The highest BCUT2D eigenvalue weighted by Gasteiger charge is 2.37. The lowest BCUT2D eigenvalue weighted by atomic mass is 9.75. The highest BCUT2D eigenvalue weighted by atomic mass is 15.2. The van der Waals surface area contributed by atoms with E-state index in [-0.39, 0.29) is 5.54 Å². The Morgan fingerprint density at radius 1 is 1.24 bits per heavy atom. The molecular weight excluding hydrogens is 256 g/mol. The smallest absolute Gasteiger partial charge is 0.0335 e. The van der Waals surface area contributed by atoms with Crippen molar-refractivity contribution >= 4 is 0 Å². The summed E-state index contributed by atoms with van der Waals surface area (Å²) in [5, 5.41) is 0. The molecule has 2 heteroatoms. The number of benzene rings is 1. The molecule has 1 aliphatic carbocycles. The number of nitrogens with two attached hydrogens (primary N) is 1. The van der Waals surface area contributed by atoms with Crippen molar-refractivity contribution in [2.75, 3.05) is 13.1 Å². The molecule has 118 valence electrons. The van der Waals surface area contributed by atoms with E-state index < -0.39 is 0 Å². The molecule has 0 unspecified atom stereocenters. The maximum Gasteiger partial charge on any atom is 0.0335 e. The quantitative estimate of drug-likeness (QED) is 0.886. The van der Waals surface area contributed by atoms with Gasteiger partial charge in [0.2, 0.25) is 0 Å². The van der Waals surface area contributed by atoms with Crippen molar-refractivity contribution in [3.63, 3.8) is 0 Å². The highest BCUT2D eigenvalue weighted by molar-refractivity contribution is 5.30. The maximum atomic E-state index is 6.24. The highest BCUT2D eigenvalue weighted by Crippen LogP contribution is 2.36. The molecule has 21 heavy (non-hydrogen) atoms. The summed E-state index contributed by atoms with van der Waals surface area (Å²) in [6.07, 6.45) is 5.15. The van der Waals surface area contributed by atoms with Gasteiger partial charge in [-0.1, -0.05) is 37.6 Å². The van der Waals surface area contributed by atoms with Crippen molar-refractivity contribution in [3.05, 3.63) is 34.9 Å². The Hall–Kier alpha value is -0.860. The summed E-state index contributed by atoms with van der Waals surface area (Å²) in [7, 11) is 0. The molecule has 0 spiro atoms. The second kappa shape index (κ2) is 6.93. The van der Waals surface area contributed by atoms with Crippen molar-refractivity contribution in [1.82, 2.24) is 4.90 Å². The Kier molecular flexibility index (Phi) is 5.45. The predicted molar refractivity (Wildman–Crippen MR) is 91.4 cm³/mol. The van der Waals surface area contributed by atoms with Gasteiger partial charge in [-0.05, 0) is 63.1 Å². The van der Waals surface area contributed by atoms with Gasteiger partial charge >= 0.3 is 0 Å². The zero-order chi connectivity index (χ0) is 15.5. The Bertz CT molecular complexity index is 459. The first-order chi connectivity index (χ1) is 10.0. The zero-order valence-corrected chi connectivity index (χ0v) is 14.3. The van der Waals surface area contributed by atoms with Gasteiger partial charge in [0, 0.05) is 18.6 Å². The molecule has 0 amide bonds. The Morgan fingerprint density at radius 2 is 1.90 bits per heavy atom. The van der Waals surface area contributed by atoms with Gasteiger partial charge in [0.1, 0.15) is 0 Å². The SMILES string of the molecule is CCN(Cc1cc(C)ccc1C)C1(CN)CCC(C)CC1. The van der Waals surface area contributed by atoms with E-state index in [2.05, 4.69) is 50.8 Å². The molecular formula is C19H32N2. The van der Waals surface area contributed by atoms with Gasteiger partial charge in [-0.15, -0.1) is 0 Å². The molecule has 2 nitrogen and oxygen atoms in total. The number of likely N-dealkylation sites (N-methyl/N-ethyl adjacent to an activating group) is 1. The molecule has 0 saturated heterocycles. The number of hydrogen-bond donors (Lipinski definition) is 1. The van der Waals surface area contributed by atoms with Gasteiger partial charge < -0.3 is 5.73 Å². The van der Waals surface area contributed by atoms with E-state index >= 15 is 0 Å². The zero-order valence-electron chi connectivity index (χ0n) is 14.3. The van der Waals surface area contributed by atoms with Crippen molar-refractivity contribution in [2.45, 2.75) is 65.5 Å². The van der Waals surface area contributed by atoms with Crippen LogP contribution in [0, 0.1) is 19.8 Å². The summed E-state index contributed by atoms with van der Waals surface area (Å²) in [6.45, 7) is 12.0. The van der Waals surface area contributed by atoms with Crippen LogP contribution in [0.25, 0.3) is 0 Å². The average Bonchev–Trinajstić information content (AvgIpc) is 2.49. The predicted octanol–water partition coefficient (Wildman–Crippen LogP) is 4.03. The molecule has 2 N–H and O–H groups in total. The van der Waals surface area contributed by atoms with Gasteiger partial charge in [0.25, 0.3) is 0 Å². The van der Waals surface area contributed by atoms with Crippen LogP contribution in [0.2, 0.25) is 0 Å². The van der Waals surface area contributed by atoms with Crippen LogP contribution in [0.15, 0.2) is 18.2 Å². The number of hydrogen-bond acceptors (Lipinski definition) is 2. The lowest BCUT2D eigenvalue weighted by Crippen LogP contribution is -2.55. The summed E-state index contributed by atoms with van der Waals surface area (Å²) in [4.78, 5) is 2.64. The van der Waals surface area contributed by atoms with Gasteiger partial charge in [0.05, 0.1) is 0 Å². The minimum Gasteiger partial charge on any atom is -0.329 e. The first-order valence-corrected chi connectivity index (χ1v) is 8.52. The van der Waals surface area contributed by atoms with E-state index in [0.717, 1.165) is 25.6 Å². The monoisotopic (exact) mass is 288 g/mol. The molecule has 1 aromatic rings. The van der Waals surface area contributed by atoms with E-state index in [1.54, 1.807) is 0 Å². The third-order valence-electron chi connectivity index (χ3n) is 5.50. The molecule has 2 rings (SSSR count). The lowest BCUT2D eigenvalue weighted by molar-refractivity contribution is 0.0422. The minimum atomic E-state index is 0.220. The fraction of sp³-hybridized carbons (Fsp3) is 0.684. The molecule has 0 radical (unpaired) electrons. The molecule has 0 aliphatic heterocycles. The van der Waals surface area contributed by atoms with E-state index in [4.69, 9.17) is 5.73 Å². The van der Waals surface area contributed by atoms with Crippen LogP contribution in [0.3, 0.4) is 0 Å². The summed E-state index contributed by atoms with van der Waals surface area (Å²) in [5.41, 5.74) is 10.7. The standard InChI is InChI=1S/C19H32N2/c1-5-21(13-18-12-16(3)6-7-17(18)4)19(14-20)10-8-15(2)9-11-19/h6-7,12,15H,5,8-11,13-14,20H2,1-4H3. The molecule has 0 atom stereocenters. The van der Waals surface area contributed by atoms with Gasteiger partial charge in [-0.2, -0.15) is 0 Å². The Labute approximate surface area is 130 Å². The summed E-state index contributed by atoms with van der Waals surface area (Å²) < 4.78 is 0. The van der Waals surface area contributed by atoms with Crippen LogP contribution in [-0.4, -0.2) is 23.5 Å². The summed E-state index contributed by atoms with van der Waals surface area (Å²) in [6, 6.07) is 6.79. The maximum absolute atomic E-state index is 6.24. The van der Waals surface area contributed by atoms with Crippen LogP contribution in [0.5, 0.6) is 0 Å². The molecule has 1 aromatic carbocycles. The molecule has 0 heterocycles. The first-order valence-electron chi connectivity index (χ1n) is 8.52. The number of rotatable bonds is 5. The first kappa shape index (κ1) is 16.5. The summed E-state index contributed by atoms with van der Waals surface area (Å²) in [5.74, 6) is 0.865. The van der Waals surface area contributed by atoms with Crippen molar-refractivity contribution in [2.24, 2.45) is 11.7 Å². The largest absolute Gasteiger partial charge is 0.329 e. The van der Waals surface area contributed by atoms with Crippen LogP contribution in [-0.2, 0) is 6.54 Å². The number of aryl methyl sites for hydroxylation is 2. The average molecular weight is 288 g/mol. The third kappa shape index (κ3) is 3.67. The Morgan fingerprint density at radius 3 is 2.48 bits per heavy atom. The van der Waals surface area contributed by atoms with Gasteiger partial charge in [-0.3, -0.25) is 4.90 Å². The van der Waals surface area contributed by atoms with Gasteiger partial charge in [0.15, 0.2) is 0 Å². The fourth-order valence-electron chi connectivity index (χ4n) is 3.74. The van der Waals surface area contributed by atoms with Gasteiger partial charge in [-0.25, -0.2) is 0 Å². The van der Waals surface area contributed by atoms with Crippen molar-refractivity contribution < 1.29 is 0 Å². The number of nitrogens with zero attached hydrogens (tertiary/aromatic N) is 1. The Balaban J connectivity index is 2.19. The minimum absolute atomic E-state index is 0.220. The molecule has 1 saturated carbocycles. The molecule has 1 aliphatic rings. The second-order valence-electron chi connectivity index (χ2n) is 7.06. The molecule has 0 aromatic heterocycles. The van der Waals surface area contributed by atoms with Crippen LogP contribution in [0.4, 0.5) is 0 Å². The van der Waals surface area contributed by atoms with Crippen molar-refractivity contribution in [1.29, 1.82) is 0 Å². The normalized spacial score (nSPS) is 26.3. The molecule has 0 bridgehead atoms. The topological polar surface area (TPSA) is 29.3 Å². The summed E-state index contributed by atoms with van der Waals surface area (Å²) >= 11 is 0. The van der Waals surface area contributed by atoms with E-state index in [1.807, 2.05) is 0 Å². The van der Waals surface area contributed by atoms with Crippen LogP contribution < -0.4 is 5.73 Å². The van der Waals surface area contributed by atoms with E-state index in [0.29, 0.717) is 0 Å². The van der Waals surface area contributed by atoms with Crippen LogP contribution in [0.1, 0.15) is 56.2 Å². The van der Waals surface area contributed by atoms with Crippen LogP contribution >= 0.6 is 0 Å². The van der Waals surface area contributed by atoms with E-state index in [1.165, 1.54) is 42.4 Å². The van der Waals surface area contributed by atoms with E-state index in [9.17, 15) is 0 Å². The third-order valence-corrected chi connectivity index (χ3v) is 5.50. The lowest BCUT2D eigenvalue weighted by Gasteiger charge is -2.47. The fourth-order valence-corrected chi connectivity index (χ4v) is 3.74. The van der Waals surface area contributed by atoms with Crippen molar-refractivity contribution in [3.8, 4) is 0 Å². The molecule has 1 fully saturated rings.